The van der Waals surface area contributed by atoms with E-state index in [2.05, 4.69) is 31.5 Å². The molecule has 0 atom stereocenters. The van der Waals surface area contributed by atoms with Gasteiger partial charge in [-0.3, -0.25) is 0 Å². The van der Waals surface area contributed by atoms with Crippen LogP contribution in [0.2, 0.25) is 0 Å². The molecule has 0 aromatic heterocycles. The van der Waals surface area contributed by atoms with E-state index in [1.807, 2.05) is 18.7 Å². The Labute approximate surface area is 180 Å². The summed E-state index contributed by atoms with van der Waals surface area (Å²) in [5.41, 5.74) is 5.90. The predicted octanol–water partition coefficient (Wildman–Crippen LogP) is 4.99. The number of amides is 1. The van der Waals surface area contributed by atoms with Gasteiger partial charge in [-0.05, 0) is 101 Å². The summed E-state index contributed by atoms with van der Waals surface area (Å²) in [5.74, 6) is 1.93. The van der Waals surface area contributed by atoms with Crippen molar-refractivity contribution in [2.75, 3.05) is 47.4 Å². The molecule has 0 unspecified atom stereocenters. The lowest BCUT2D eigenvalue weighted by molar-refractivity contribution is -0.00397. The number of hydrogen-bond acceptors (Lipinski definition) is 4. The minimum absolute atomic E-state index is 0.160. The number of rotatable bonds is 0. The van der Waals surface area contributed by atoms with Gasteiger partial charge in [-0.1, -0.05) is 27.7 Å². The van der Waals surface area contributed by atoms with Gasteiger partial charge in [0, 0.05) is 13.1 Å². The molecule has 2 saturated carbocycles. The monoisotopic (exact) mass is 411 g/mol. The zero-order chi connectivity index (χ0) is 22.1. The number of likely N-dealkylation sites (tertiary alicyclic amines) is 2. The van der Waals surface area contributed by atoms with Gasteiger partial charge in [0.05, 0.1) is 7.11 Å². The van der Waals surface area contributed by atoms with Crippen molar-refractivity contribution >= 4 is 6.09 Å². The summed E-state index contributed by atoms with van der Waals surface area (Å²) in [6.45, 7) is 13.2. The third-order valence-corrected chi connectivity index (χ3v) is 7.43. The first-order chi connectivity index (χ1) is 13.9. The molecule has 5 nitrogen and oxygen atoms in total. The van der Waals surface area contributed by atoms with E-state index in [4.69, 9.17) is 4.74 Å². The van der Waals surface area contributed by atoms with Gasteiger partial charge in [-0.15, -0.1) is 0 Å². The maximum Gasteiger partial charge on any atom is 0.409 e. The number of methoxy groups -OCH3 is 1. The highest BCUT2D eigenvalue weighted by molar-refractivity contribution is 5.67. The quantitative estimate of drug-likeness (QED) is 0.610. The van der Waals surface area contributed by atoms with Gasteiger partial charge in [0.25, 0.3) is 0 Å². The zero-order valence-corrected chi connectivity index (χ0v) is 20.4. The zero-order valence-electron chi connectivity index (χ0n) is 20.4. The van der Waals surface area contributed by atoms with Gasteiger partial charge in [-0.25, -0.2) is 4.79 Å². The summed E-state index contributed by atoms with van der Waals surface area (Å²) >= 11 is 0. The standard InChI is InChI=1S/C11H19NO2.C10H19N.C2H6.CH5N/c1-9-7-11(8-9)3-5-12(6-4-11)10(13)14-2;1-9-7-10(8-9)3-5-11(2)6-4-10;2*1-2/h9H,3-8H2,1-2H3;9H,3-8H2,1-2H3;1-2H3;2H2,1H3. The number of carbonyl (C=O) groups excluding carboxylic acids is 1. The van der Waals surface area contributed by atoms with Crippen LogP contribution in [-0.2, 0) is 4.74 Å². The smallest absolute Gasteiger partial charge is 0.409 e. The van der Waals surface area contributed by atoms with E-state index in [-0.39, 0.29) is 6.09 Å². The van der Waals surface area contributed by atoms with Gasteiger partial charge in [0.15, 0.2) is 0 Å². The average molecular weight is 412 g/mol. The number of piperidine rings is 2. The van der Waals surface area contributed by atoms with Crippen LogP contribution in [0.15, 0.2) is 0 Å². The Morgan fingerprint density at radius 3 is 1.48 bits per heavy atom. The van der Waals surface area contributed by atoms with Crippen molar-refractivity contribution < 1.29 is 9.53 Å². The fourth-order valence-corrected chi connectivity index (χ4v) is 6.04. The first-order valence-electron chi connectivity index (χ1n) is 11.9. The Morgan fingerprint density at radius 2 is 1.17 bits per heavy atom. The summed E-state index contributed by atoms with van der Waals surface area (Å²) in [6, 6.07) is 0. The van der Waals surface area contributed by atoms with E-state index in [0.717, 1.165) is 30.3 Å². The van der Waals surface area contributed by atoms with Crippen molar-refractivity contribution in [3.8, 4) is 0 Å². The first kappa shape index (κ1) is 26.2. The molecule has 4 rings (SSSR count). The maximum absolute atomic E-state index is 11.3. The summed E-state index contributed by atoms with van der Waals surface area (Å²) in [7, 11) is 5.20. The summed E-state index contributed by atoms with van der Waals surface area (Å²) < 4.78 is 4.72. The lowest BCUT2D eigenvalue weighted by atomic mass is 9.58. The number of hydrogen-bond donors (Lipinski definition) is 1. The molecular weight excluding hydrogens is 362 g/mol. The molecule has 2 saturated heterocycles. The highest BCUT2D eigenvalue weighted by atomic mass is 16.5. The van der Waals surface area contributed by atoms with Crippen LogP contribution < -0.4 is 5.73 Å². The van der Waals surface area contributed by atoms with E-state index >= 15 is 0 Å². The Morgan fingerprint density at radius 1 is 0.828 bits per heavy atom. The highest BCUT2D eigenvalue weighted by Gasteiger charge is 2.44. The van der Waals surface area contributed by atoms with Crippen molar-refractivity contribution in [2.24, 2.45) is 28.4 Å². The first-order valence-corrected chi connectivity index (χ1v) is 11.9. The molecule has 2 aliphatic carbocycles. The number of nitrogens with two attached hydrogens (primary N) is 1. The van der Waals surface area contributed by atoms with Crippen LogP contribution in [0, 0.1) is 22.7 Å². The maximum atomic E-state index is 11.3. The largest absolute Gasteiger partial charge is 0.453 e. The Kier molecular flexibility index (Phi) is 11.0. The summed E-state index contributed by atoms with van der Waals surface area (Å²) in [5, 5.41) is 0. The van der Waals surface area contributed by atoms with Crippen molar-refractivity contribution in [1.82, 2.24) is 9.80 Å². The molecule has 4 fully saturated rings. The molecule has 2 aliphatic heterocycles. The molecule has 0 aromatic carbocycles. The van der Waals surface area contributed by atoms with E-state index in [0.29, 0.717) is 5.41 Å². The molecule has 0 aromatic rings. The fourth-order valence-electron chi connectivity index (χ4n) is 6.04. The molecule has 4 aliphatic rings. The van der Waals surface area contributed by atoms with Gasteiger partial charge < -0.3 is 20.3 Å². The van der Waals surface area contributed by atoms with Crippen LogP contribution in [0.3, 0.4) is 0 Å². The van der Waals surface area contributed by atoms with Gasteiger partial charge in [-0.2, -0.15) is 0 Å². The Bertz CT molecular complexity index is 451. The predicted molar refractivity (Wildman–Crippen MR) is 123 cm³/mol. The van der Waals surface area contributed by atoms with Crippen molar-refractivity contribution in [2.45, 2.75) is 79.1 Å². The van der Waals surface area contributed by atoms with E-state index in [1.165, 1.54) is 78.6 Å². The highest BCUT2D eigenvalue weighted by Crippen LogP contribution is 2.52. The third-order valence-electron chi connectivity index (χ3n) is 7.43. The number of ether oxygens (including phenoxy) is 1. The number of nitrogens with zero attached hydrogens (tertiary/aromatic N) is 2. The van der Waals surface area contributed by atoms with Crippen LogP contribution in [0.1, 0.15) is 79.1 Å². The molecule has 5 heteroatoms. The van der Waals surface area contributed by atoms with E-state index < -0.39 is 0 Å². The normalized spacial score (nSPS) is 25.2. The minimum Gasteiger partial charge on any atom is -0.453 e. The van der Waals surface area contributed by atoms with Gasteiger partial charge in [0.1, 0.15) is 0 Å². The minimum atomic E-state index is -0.160. The molecule has 172 valence electrons. The molecule has 2 N–H and O–H groups in total. The average Bonchev–Trinajstić information content (AvgIpc) is 2.71. The summed E-state index contributed by atoms with van der Waals surface area (Å²) in [6.07, 6.45) is 10.9. The molecule has 2 heterocycles. The van der Waals surface area contributed by atoms with E-state index in [9.17, 15) is 4.79 Å². The second-order valence-corrected chi connectivity index (χ2v) is 9.79. The second kappa shape index (κ2) is 12.1. The van der Waals surface area contributed by atoms with Crippen LogP contribution in [0.4, 0.5) is 4.79 Å². The molecule has 29 heavy (non-hydrogen) atoms. The lowest BCUT2D eigenvalue weighted by Gasteiger charge is -2.51. The van der Waals surface area contributed by atoms with Gasteiger partial charge in [0.2, 0.25) is 0 Å². The Hall–Kier alpha value is -0.810. The van der Waals surface area contributed by atoms with Crippen molar-refractivity contribution in [3.63, 3.8) is 0 Å². The molecule has 2 spiro atoms. The summed E-state index contributed by atoms with van der Waals surface area (Å²) in [4.78, 5) is 15.5. The van der Waals surface area contributed by atoms with Crippen molar-refractivity contribution in [3.05, 3.63) is 0 Å². The molecule has 1 amide bonds. The SMILES string of the molecule is CC.CC1CC2(CCN(C)CC2)C1.CN.COC(=O)N1CCC2(CC1)CC(C)C2. The second-order valence-electron chi connectivity index (χ2n) is 9.79. The third kappa shape index (κ3) is 7.13. The molecule has 0 radical (unpaired) electrons. The lowest BCUT2D eigenvalue weighted by Crippen LogP contribution is -2.48. The fraction of sp³-hybridized carbons (Fsp3) is 0.958. The topological polar surface area (TPSA) is 58.8 Å². The number of carbonyl (C=O) groups is 1. The van der Waals surface area contributed by atoms with Crippen LogP contribution in [0.5, 0.6) is 0 Å². The van der Waals surface area contributed by atoms with Gasteiger partial charge >= 0.3 is 6.09 Å². The Balaban J connectivity index is 0.000000252. The van der Waals surface area contributed by atoms with Crippen molar-refractivity contribution in [1.29, 1.82) is 0 Å². The molecular formula is C24H49N3O2. The van der Waals surface area contributed by atoms with Crippen LogP contribution in [0.25, 0.3) is 0 Å². The van der Waals surface area contributed by atoms with E-state index in [1.54, 1.807) is 0 Å². The van der Waals surface area contributed by atoms with Crippen LogP contribution >= 0.6 is 0 Å². The van der Waals surface area contributed by atoms with Crippen LogP contribution in [-0.4, -0.2) is 63.3 Å². The molecule has 0 bridgehead atoms.